The number of benzene rings is 1. The summed E-state index contributed by atoms with van der Waals surface area (Å²) in [5.74, 6) is 1.27. The van der Waals surface area contributed by atoms with E-state index in [9.17, 15) is 4.79 Å². The summed E-state index contributed by atoms with van der Waals surface area (Å²) in [4.78, 5) is 28.4. The van der Waals surface area contributed by atoms with Crippen LogP contribution in [-0.4, -0.2) is 32.3 Å². The third kappa shape index (κ3) is 3.86. The molecule has 1 aromatic carbocycles. The summed E-state index contributed by atoms with van der Waals surface area (Å²) in [6, 6.07) is 17.2. The average molecular weight is 373 g/mol. The van der Waals surface area contributed by atoms with Gasteiger partial charge in [0.15, 0.2) is 0 Å². The van der Waals surface area contributed by atoms with Crippen molar-refractivity contribution in [3.05, 3.63) is 77.2 Å². The Bertz CT molecular complexity index is 969. The number of anilines is 2. The van der Waals surface area contributed by atoms with E-state index in [4.69, 9.17) is 4.98 Å². The fourth-order valence-corrected chi connectivity index (χ4v) is 3.67. The predicted molar refractivity (Wildman–Crippen MR) is 108 cm³/mol. The minimum atomic E-state index is -0.0189. The third-order valence-corrected chi connectivity index (χ3v) is 4.87. The van der Waals surface area contributed by atoms with E-state index >= 15 is 0 Å². The zero-order valence-corrected chi connectivity index (χ0v) is 16.1. The molecule has 0 aliphatic carbocycles. The Kier molecular flexibility index (Phi) is 5.02. The molecule has 1 saturated heterocycles. The predicted octanol–water partition coefficient (Wildman–Crippen LogP) is 4.21. The SMILES string of the molecule is Cc1cc(C)nc(Nc2cccc([C@@H]3CCCN3C(=O)c3ccccc3)n2)n1. The van der Waals surface area contributed by atoms with E-state index < -0.39 is 0 Å². The lowest BCUT2D eigenvalue weighted by molar-refractivity contribution is 0.0733. The van der Waals surface area contributed by atoms with Gasteiger partial charge in [-0.25, -0.2) is 15.0 Å². The van der Waals surface area contributed by atoms with Crippen LogP contribution < -0.4 is 5.32 Å². The summed E-state index contributed by atoms with van der Waals surface area (Å²) in [5.41, 5.74) is 3.41. The molecule has 28 heavy (non-hydrogen) atoms. The molecule has 6 heteroatoms. The molecule has 142 valence electrons. The normalized spacial score (nSPS) is 16.2. The summed E-state index contributed by atoms with van der Waals surface area (Å²) < 4.78 is 0. The molecule has 1 fully saturated rings. The molecule has 6 nitrogen and oxygen atoms in total. The second kappa shape index (κ2) is 7.76. The number of hydrogen-bond acceptors (Lipinski definition) is 5. The highest BCUT2D eigenvalue weighted by Crippen LogP contribution is 2.32. The Morgan fingerprint density at radius 3 is 2.50 bits per heavy atom. The molecule has 3 aromatic rings. The first kappa shape index (κ1) is 18.1. The van der Waals surface area contributed by atoms with Crippen LogP contribution in [0.5, 0.6) is 0 Å². The van der Waals surface area contributed by atoms with Crippen molar-refractivity contribution in [1.29, 1.82) is 0 Å². The maximum absolute atomic E-state index is 12.9. The number of amides is 1. The molecular formula is C22H23N5O. The molecule has 0 radical (unpaired) electrons. The first-order valence-electron chi connectivity index (χ1n) is 9.52. The average Bonchev–Trinajstić information content (AvgIpc) is 3.17. The third-order valence-electron chi connectivity index (χ3n) is 4.87. The molecule has 1 aliphatic rings. The van der Waals surface area contributed by atoms with Gasteiger partial charge in [-0.15, -0.1) is 0 Å². The minimum absolute atomic E-state index is 0.0189. The molecule has 0 bridgehead atoms. The largest absolute Gasteiger partial charge is 0.330 e. The Morgan fingerprint density at radius 1 is 1.00 bits per heavy atom. The van der Waals surface area contributed by atoms with E-state index in [2.05, 4.69) is 15.3 Å². The van der Waals surface area contributed by atoms with Gasteiger partial charge in [-0.2, -0.15) is 0 Å². The molecule has 0 unspecified atom stereocenters. The topological polar surface area (TPSA) is 71.0 Å². The van der Waals surface area contributed by atoms with Gasteiger partial charge in [0.2, 0.25) is 5.95 Å². The second-order valence-electron chi connectivity index (χ2n) is 7.07. The molecular weight excluding hydrogens is 350 g/mol. The maximum atomic E-state index is 12.9. The van der Waals surface area contributed by atoms with Crippen LogP contribution in [0.15, 0.2) is 54.6 Å². The maximum Gasteiger partial charge on any atom is 0.254 e. The van der Waals surface area contributed by atoms with Gasteiger partial charge in [-0.1, -0.05) is 24.3 Å². The molecule has 1 atom stereocenters. The van der Waals surface area contributed by atoms with Crippen molar-refractivity contribution in [2.45, 2.75) is 32.7 Å². The Labute approximate surface area is 164 Å². The van der Waals surface area contributed by atoms with Crippen molar-refractivity contribution < 1.29 is 4.79 Å². The van der Waals surface area contributed by atoms with Crippen molar-refractivity contribution in [3.63, 3.8) is 0 Å². The molecule has 1 N–H and O–H groups in total. The Balaban J connectivity index is 1.57. The number of nitrogens with one attached hydrogen (secondary N) is 1. The summed E-state index contributed by atoms with van der Waals surface area (Å²) in [7, 11) is 0. The lowest BCUT2D eigenvalue weighted by Gasteiger charge is -2.24. The van der Waals surface area contributed by atoms with E-state index in [1.54, 1.807) is 0 Å². The van der Waals surface area contributed by atoms with Gasteiger partial charge in [0, 0.05) is 23.5 Å². The fraction of sp³-hybridized carbons (Fsp3) is 0.273. The standard InChI is InChI=1S/C22H23N5O/c1-15-14-16(2)24-22(23-15)26-20-12-6-10-18(25-20)19-11-7-13-27(19)21(28)17-8-4-3-5-9-17/h3-6,8-10,12,14,19H,7,11,13H2,1-2H3,(H,23,24,25,26)/t19-/m0/s1. The first-order valence-corrected chi connectivity index (χ1v) is 9.52. The van der Waals surface area contributed by atoms with Gasteiger partial charge in [0.05, 0.1) is 11.7 Å². The van der Waals surface area contributed by atoms with Crippen molar-refractivity contribution in [3.8, 4) is 0 Å². The van der Waals surface area contributed by atoms with E-state index in [0.717, 1.165) is 36.5 Å². The molecule has 1 aliphatic heterocycles. The van der Waals surface area contributed by atoms with Crippen molar-refractivity contribution in [1.82, 2.24) is 19.9 Å². The highest BCUT2D eigenvalue weighted by atomic mass is 16.2. The Morgan fingerprint density at radius 2 is 1.75 bits per heavy atom. The zero-order chi connectivity index (χ0) is 19.5. The van der Waals surface area contributed by atoms with E-state index in [1.165, 1.54) is 0 Å². The number of hydrogen-bond donors (Lipinski definition) is 1. The molecule has 2 aromatic heterocycles. The Hall–Kier alpha value is -3.28. The molecule has 4 rings (SSSR count). The van der Waals surface area contributed by atoms with Gasteiger partial charge in [0.1, 0.15) is 5.82 Å². The number of carbonyl (C=O) groups excluding carboxylic acids is 1. The number of likely N-dealkylation sites (tertiary alicyclic amines) is 1. The molecule has 3 heterocycles. The number of nitrogens with zero attached hydrogens (tertiary/aromatic N) is 4. The van der Waals surface area contributed by atoms with Crippen LogP contribution in [0.1, 0.15) is 46.3 Å². The number of rotatable bonds is 4. The van der Waals surface area contributed by atoms with Crippen LogP contribution in [0.4, 0.5) is 11.8 Å². The van der Waals surface area contributed by atoms with Crippen LogP contribution in [0.25, 0.3) is 0 Å². The van der Waals surface area contributed by atoms with Crippen LogP contribution >= 0.6 is 0 Å². The van der Waals surface area contributed by atoms with Crippen LogP contribution in [0, 0.1) is 13.8 Å². The molecule has 1 amide bonds. The van der Waals surface area contributed by atoms with Crippen LogP contribution in [0.2, 0.25) is 0 Å². The minimum Gasteiger partial charge on any atom is -0.330 e. The monoisotopic (exact) mass is 373 g/mol. The molecule has 0 saturated carbocycles. The summed E-state index contributed by atoms with van der Waals surface area (Å²) in [6.45, 7) is 4.63. The molecule has 0 spiro atoms. The van der Waals surface area contributed by atoms with Crippen molar-refractivity contribution >= 4 is 17.7 Å². The highest BCUT2D eigenvalue weighted by Gasteiger charge is 2.31. The summed E-state index contributed by atoms with van der Waals surface area (Å²) in [6.07, 6.45) is 1.89. The zero-order valence-electron chi connectivity index (χ0n) is 16.1. The van der Waals surface area contributed by atoms with Crippen molar-refractivity contribution in [2.75, 3.05) is 11.9 Å². The lowest BCUT2D eigenvalue weighted by Crippen LogP contribution is -2.31. The van der Waals surface area contributed by atoms with E-state index in [0.29, 0.717) is 17.3 Å². The van der Waals surface area contributed by atoms with Crippen molar-refractivity contribution in [2.24, 2.45) is 0 Å². The van der Waals surface area contributed by atoms with Crippen LogP contribution in [0.3, 0.4) is 0 Å². The lowest BCUT2D eigenvalue weighted by atomic mass is 10.1. The van der Waals surface area contributed by atoms with Gasteiger partial charge in [-0.3, -0.25) is 4.79 Å². The highest BCUT2D eigenvalue weighted by molar-refractivity contribution is 5.94. The fourth-order valence-electron chi connectivity index (χ4n) is 3.67. The first-order chi connectivity index (χ1) is 13.6. The number of aromatic nitrogens is 3. The number of pyridine rings is 1. The van der Waals surface area contributed by atoms with Gasteiger partial charge in [-0.05, 0) is 57.0 Å². The van der Waals surface area contributed by atoms with Gasteiger partial charge >= 0.3 is 0 Å². The number of aryl methyl sites for hydroxylation is 2. The van der Waals surface area contributed by atoms with E-state index in [-0.39, 0.29) is 11.9 Å². The second-order valence-corrected chi connectivity index (χ2v) is 7.07. The van der Waals surface area contributed by atoms with E-state index in [1.807, 2.05) is 73.3 Å². The van der Waals surface area contributed by atoms with Gasteiger partial charge < -0.3 is 10.2 Å². The smallest absolute Gasteiger partial charge is 0.254 e. The summed E-state index contributed by atoms with van der Waals surface area (Å²) >= 11 is 0. The number of carbonyl (C=O) groups is 1. The van der Waals surface area contributed by atoms with Crippen LogP contribution in [-0.2, 0) is 0 Å². The van der Waals surface area contributed by atoms with Gasteiger partial charge in [0.25, 0.3) is 5.91 Å². The summed E-state index contributed by atoms with van der Waals surface area (Å²) in [5, 5.41) is 3.19. The quantitative estimate of drug-likeness (QED) is 0.742.